The molecule has 1 aromatic heterocycles. The second-order valence-corrected chi connectivity index (χ2v) is 7.12. The molecule has 1 unspecified atom stereocenters. The first kappa shape index (κ1) is 16.6. The molecule has 0 bridgehead atoms. The lowest BCUT2D eigenvalue weighted by atomic mass is 9.96. The molecule has 0 aliphatic carbocycles. The third-order valence-electron chi connectivity index (χ3n) is 5.16. The van der Waals surface area contributed by atoms with E-state index in [0.717, 1.165) is 47.4 Å². The van der Waals surface area contributed by atoms with Crippen LogP contribution in [0.1, 0.15) is 35.7 Å². The predicted octanol–water partition coefficient (Wildman–Crippen LogP) is 3.53. The van der Waals surface area contributed by atoms with E-state index in [9.17, 15) is 9.90 Å². The van der Waals surface area contributed by atoms with E-state index in [2.05, 4.69) is 18.0 Å². The average Bonchev–Trinajstić information content (AvgIpc) is 3.08. The summed E-state index contributed by atoms with van der Waals surface area (Å²) in [5.41, 5.74) is 4.09. The molecule has 4 rings (SSSR count). The van der Waals surface area contributed by atoms with Gasteiger partial charge in [-0.15, -0.1) is 0 Å². The van der Waals surface area contributed by atoms with Gasteiger partial charge in [0.1, 0.15) is 11.6 Å². The summed E-state index contributed by atoms with van der Waals surface area (Å²) < 4.78 is 0. The van der Waals surface area contributed by atoms with Crippen LogP contribution in [-0.4, -0.2) is 39.0 Å². The van der Waals surface area contributed by atoms with E-state index in [0.29, 0.717) is 13.0 Å². The fourth-order valence-corrected chi connectivity index (χ4v) is 3.77. The third kappa shape index (κ3) is 3.29. The highest BCUT2D eigenvalue weighted by atomic mass is 16.3. The van der Waals surface area contributed by atoms with Gasteiger partial charge < -0.3 is 15.0 Å². The van der Waals surface area contributed by atoms with Gasteiger partial charge in [-0.2, -0.15) is 0 Å². The van der Waals surface area contributed by atoms with Gasteiger partial charge >= 0.3 is 0 Å². The largest absolute Gasteiger partial charge is 0.508 e. The standard InChI is InChI=1S/C21H23N3O2/c1-14-5-2-9-18-20(14)23-21(22-18)16-7-4-10-24(13-16)19(26)12-15-6-3-8-17(25)11-15/h2-3,5-6,8-9,11,16,25H,4,7,10,12-13H2,1H3,(H,22,23). The molecular formula is C21H23N3O2. The van der Waals surface area contributed by atoms with Crippen molar-refractivity contribution in [3.05, 3.63) is 59.4 Å². The number of para-hydroxylation sites is 1. The van der Waals surface area contributed by atoms with Crippen LogP contribution in [0, 0.1) is 6.92 Å². The molecule has 2 N–H and O–H groups in total. The third-order valence-corrected chi connectivity index (χ3v) is 5.16. The number of nitrogens with zero attached hydrogens (tertiary/aromatic N) is 2. The first-order valence-corrected chi connectivity index (χ1v) is 9.11. The molecule has 1 aliphatic heterocycles. The van der Waals surface area contributed by atoms with E-state index in [1.54, 1.807) is 18.2 Å². The Labute approximate surface area is 152 Å². The van der Waals surface area contributed by atoms with Crippen LogP contribution in [0.2, 0.25) is 0 Å². The van der Waals surface area contributed by atoms with Crippen molar-refractivity contribution >= 4 is 16.9 Å². The molecule has 1 atom stereocenters. The van der Waals surface area contributed by atoms with Gasteiger partial charge in [0.2, 0.25) is 5.91 Å². The monoisotopic (exact) mass is 349 g/mol. The van der Waals surface area contributed by atoms with Gasteiger partial charge in [0.05, 0.1) is 17.5 Å². The van der Waals surface area contributed by atoms with Crippen LogP contribution in [0.4, 0.5) is 0 Å². The van der Waals surface area contributed by atoms with Gasteiger partial charge in [-0.05, 0) is 49.1 Å². The van der Waals surface area contributed by atoms with Crippen molar-refractivity contribution in [2.24, 2.45) is 0 Å². The van der Waals surface area contributed by atoms with Crippen LogP contribution in [0.15, 0.2) is 42.5 Å². The molecule has 0 spiro atoms. The van der Waals surface area contributed by atoms with Crippen LogP contribution >= 0.6 is 0 Å². The Morgan fingerprint density at radius 3 is 2.96 bits per heavy atom. The number of hydrogen-bond donors (Lipinski definition) is 2. The number of carbonyl (C=O) groups is 1. The zero-order valence-corrected chi connectivity index (χ0v) is 14.9. The highest BCUT2D eigenvalue weighted by Gasteiger charge is 2.27. The number of piperidine rings is 1. The highest BCUT2D eigenvalue weighted by molar-refractivity contribution is 5.80. The SMILES string of the molecule is Cc1cccc2[nH]c(C3CCCN(C(=O)Cc4cccc(O)c4)C3)nc12. The molecular weight excluding hydrogens is 326 g/mol. The highest BCUT2D eigenvalue weighted by Crippen LogP contribution is 2.28. The Morgan fingerprint density at radius 2 is 2.15 bits per heavy atom. The van der Waals surface area contributed by atoms with Gasteiger partial charge in [-0.25, -0.2) is 4.98 Å². The second kappa shape index (κ2) is 6.83. The van der Waals surface area contributed by atoms with Crippen molar-refractivity contribution in [1.29, 1.82) is 0 Å². The molecule has 1 aliphatic rings. The zero-order valence-electron chi connectivity index (χ0n) is 14.9. The molecule has 5 nitrogen and oxygen atoms in total. The van der Waals surface area contributed by atoms with Crippen molar-refractivity contribution < 1.29 is 9.90 Å². The Hall–Kier alpha value is -2.82. The number of aromatic nitrogens is 2. The second-order valence-electron chi connectivity index (χ2n) is 7.12. The topological polar surface area (TPSA) is 69.2 Å². The minimum absolute atomic E-state index is 0.104. The first-order valence-electron chi connectivity index (χ1n) is 9.11. The first-order chi connectivity index (χ1) is 12.6. The number of H-pyrrole nitrogens is 1. The van der Waals surface area contributed by atoms with Gasteiger partial charge in [0, 0.05) is 19.0 Å². The number of hydrogen-bond acceptors (Lipinski definition) is 3. The number of amides is 1. The lowest BCUT2D eigenvalue weighted by molar-refractivity contribution is -0.131. The normalized spacial score (nSPS) is 17.6. The summed E-state index contributed by atoms with van der Waals surface area (Å²) in [6.45, 7) is 3.54. The molecule has 1 fully saturated rings. The van der Waals surface area contributed by atoms with Crippen LogP contribution < -0.4 is 0 Å². The predicted molar refractivity (Wildman–Crippen MR) is 101 cm³/mol. The number of aryl methyl sites for hydroxylation is 1. The quantitative estimate of drug-likeness (QED) is 0.760. The Balaban J connectivity index is 1.49. The minimum Gasteiger partial charge on any atom is -0.508 e. The summed E-state index contributed by atoms with van der Waals surface area (Å²) in [4.78, 5) is 22.9. The minimum atomic E-state index is 0.104. The lowest BCUT2D eigenvalue weighted by Gasteiger charge is -2.32. The van der Waals surface area contributed by atoms with Crippen LogP contribution in [-0.2, 0) is 11.2 Å². The molecule has 0 radical (unpaired) electrons. The van der Waals surface area contributed by atoms with Crippen LogP contribution in [0.25, 0.3) is 11.0 Å². The number of imidazole rings is 1. The van der Waals surface area contributed by atoms with Gasteiger partial charge in [-0.1, -0.05) is 24.3 Å². The number of carbonyl (C=O) groups excluding carboxylic acids is 1. The van der Waals surface area contributed by atoms with Gasteiger partial charge in [0.15, 0.2) is 0 Å². The van der Waals surface area contributed by atoms with E-state index < -0.39 is 0 Å². The number of aromatic hydroxyl groups is 1. The molecule has 0 saturated carbocycles. The average molecular weight is 349 g/mol. The van der Waals surface area contributed by atoms with Crippen molar-refractivity contribution in [2.45, 2.75) is 32.1 Å². The van der Waals surface area contributed by atoms with E-state index in [1.165, 1.54) is 0 Å². The van der Waals surface area contributed by atoms with Crippen molar-refractivity contribution in [3.8, 4) is 5.75 Å². The summed E-state index contributed by atoms with van der Waals surface area (Å²) >= 11 is 0. The summed E-state index contributed by atoms with van der Waals surface area (Å²) in [7, 11) is 0. The number of benzene rings is 2. The Morgan fingerprint density at radius 1 is 1.31 bits per heavy atom. The van der Waals surface area contributed by atoms with Gasteiger partial charge in [0.25, 0.3) is 0 Å². The number of nitrogens with one attached hydrogen (secondary N) is 1. The number of likely N-dealkylation sites (tertiary alicyclic amines) is 1. The Kier molecular flexibility index (Phi) is 4.37. The number of phenolic OH excluding ortho intramolecular Hbond substituents is 1. The van der Waals surface area contributed by atoms with E-state index in [1.807, 2.05) is 23.1 Å². The summed E-state index contributed by atoms with van der Waals surface area (Å²) in [5.74, 6) is 1.52. The number of phenols is 1. The number of fused-ring (bicyclic) bond motifs is 1. The van der Waals surface area contributed by atoms with Crippen molar-refractivity contribution in [1.82, 2.24) is 14.9 Å². The van der Waals surface area contributed by atoms with Crippen molar-refractivity contribution in [3.63, 3.8) is 0 Å². The maximum atomic E-state index is 12.7. The molecule has 26 heavy (non-hydrogen) atoms. The number of aromatic amines is 1. The maximum absolute atomic E-state index is 12.7. The fraction of sp³-hybridized carbons (Fsp3) is 0.333. The Bertz CT molecular complexity index is 947. The maximum Gasteiger partial charge on any atom is 0.227 e. The molecule has 5 heteroatoms. The zero-order chi connectivity index (χ0) is 18.1. The van der Waals surface area contributed by atoms with Crippen LogP contribution in [0.5, 0.6) is 5.75 Å². The molecule has 134 valence electrons. The van der Waals surface area contributed by atoms with Crippen molar-refractivity contribution in [2.75, 3.05) is 13.1 Å². The lowest BCUT2D eigenvalue weighted by Crippen LogP contribution is -2.40. The molecule has 1 saturated heterocycles. The van der Waals surface area contributed by atoms with E-state index in [-0.39, 0.29) is 17.6 Å². The van der Waals surface area contributed by atoms with E-state index >= 15 is 0 Å². The summed E-state index contributed by atoms with van der Waals surface area (Å²) in [6, 6.07) is 13.1. The summed E-state index contributed by atoms with van der Waals surface area (Å²) in [6.07, 6.45) is 2.33. The smallest absolute Gasteiger partial charge is 0.227 e. The van der Waals surface area contributed by atoms with E-state index in [4.69, 9.17) is 4.98 Å². The molecule has 1 amide bonds. The van der Waals surface area contributed by atoms with Crippen LogP contribution in [0.3, 0.4) is 0 Å². The molecule has 3 aromatic rings. The molecule has 2 heterocycles. The number of rotatable bonds is 3. The summed E-state index contributed by atoms with van der Waals surface area (Å²) in [5, 5.41) is 9.58. The van der Waals surface area contributed by atoms with Gasteiger partial charge in [-0.3, -0.25) is 4.79 Å². The fourth-order valence-electron chi connectivity index (χ4n) is 3.77. The molecule has 2 aromatic carbocycles.